The number of rotatable bonds is 5. The van der Waals surface area contributed by atoms with Crippen molar-refractivity contribution in [3.8, 4) is 0 Å². The van der Waals surface area contributed by atoms with Crippen LogP contribution in [0.4, 0.5) is 11.4 Å². The standard InChI is InChI=1S/C14H19N3O4/c15-12(9-14(18)19)11-8-10(17(20)21)4-5-13(11)16-6-2-1-3-7-16/h4-5,8,12H,1-3,6-7,9,15H2,(H,18,19). The lowest BCUT2D eigenvalue weighted by Crippen LogP contribution is -2.31. The second-order valence-corrected chi connectivity index (χ2v) is 5.25. The van der Waals surface area contributed by atoms with Crippen molar-refractivity contribution in [1.82, 2.24) is 0 Å². The van der Waals surface area contributed by atoms with Gasteiger partial charge in [-0.2, -0.15) is 0 Å². The van der Waals surface area contributed by atoms with E-state index in [2.05, 4.69) is 4.90 Å². The van der Waals surface area contributed by atoms with Crippen LogP contribution in [0.2, 0.25) is 0 Å². The quantitative estimate of drug-likeness (QED) is 0.635. The number of carboxylic acid groups (broad SMARTS) is 1. The molecule has 114 valence electrons. The minimum Gasteiger partial charge on any atom is -0.481 e. The van der Waals surface area contributed by atoms with Crippen molar-refractivity contribution in [2.24, 2.45) is 5.73 Å². The Morgan fingerprint density at radius 2 is 2.05 bits per heavy atom. The fourth-order valence-corrected chi connectivity index (χ4v) is 2.67. The van der Waals surface area contributed by atoms with Crippen LogP contribution in [0, 0.1) is 10.1 Å². The summed E-state index contributed by atoms with van der Waals surface area (Å²) in [5.41, 5.74) is 7.23. The highest BCUT2D eigenvalue weighted by molar-refractivity contribution is 5.69. The largest absolute Gasteiger partial charge is 0.481 e. The van der Waals surface area contributed by atoms with E-state index in [1.54, 1.807) is 6.07 Å². The van der Waals surface area contributed by atoms with E-state index in [0.29, 0.717) is 5.56 Å². The zero-order valence-corrected chi connectivity index (χ0v) is 11.7. The highest BCUT2D eigenvalue weighted by Gasteiger charge is 2.22. The fourth-order valence-electron chi connectivity index (χ4n) is 2.67. The summed E-state index contributed by atoms with van der Waals surface area (Å²) in [6, 6.07) is 3.78. The van der Waals surface area contributed by atoms with E-state index in [-0.39, 0.29) is 12.1 Å². The average Bonchev–Trinajstić information content (AvgIpc) is 2.46. The number of hydrogen-bond acceptors (Lipinski definition) is 5. The van der Waals surface area contributed by atoms with Crippen molar-refractivity contribution in [2.45, 2.75) is 31.7 Å². The number of anilines is 1. The molecule has 0 aromatic heterocycles. The summed E-state index contributed by atoms with van der Waals surface area (Å²) < 4.78 is 0. The molecule has 7 nitrogen and oxygen atoms in total. The Labute approximate surface area is 122 Å². The summed E-state index contributed by atoms with van der Waals surface area (Å²) in [6.45, 7) is 1.73. The van der Waals surface area contributed by atoms with Gasteiger partial charge < -0.3 is 15.7 Å². The van der Waals surface area contributed by atoms with Gasteiger partial charge in [0.25, 0.3) is 5.69 Å². The molecule has 1 heterocycles. The van der Waals surface area contributed by atoms with Crippen molar-refractivity contribution < 1.29 is 14.8 Å². The number of nitrogens with two attached hydrogens (primary N) is 1. The van der Waals surface area contributed by atoms with Crippen molar-refractivity contribution in [3.05, 3.63) is 33.9 Å². The summed E-state index contributed by atoms with van der Waals surface area (Å²) in [4.78, 5) is 23.4. The van der Waals surface area contributed by atoms with Gasteiger partial charge in [-0.3, -0.25) is 14.9 Å². The van der Waals surface area contributed by atoms with Crippen LogP contribution in [0.25, 0.3) is 0 Å². The monoisotopic (exact) mass is 293 g/mol. The molecule has 1 aliphatic rings. The molecule has 2 rings (SSSR count). The number of aliphatic carboxylic acids is 1. The van der Waals surface area contributed by atoms with E-state index < -0.39 is 16.9 Å². The van der Waals surface area contributed by atoms with Gasteiger partial charge in [0, 0.05) is 37.0 Å². The Bertz CT molecular complexity index is 541. The molecule has 0 aliphatic carbocycles. The topological polar surface area (TPSA) is 110 Å². The Kier molecular flexibility index (Phi) is 4.74. The lowest BCUT2D eigenvalue weighted by Gasteiger charge is -2.31. The van der Waals surface area contributed by atoms with E-state index in [4.69, 9.17) is 10.8 Å². The Balaban J connectivity index is 2.37. The van der Waals surface area contributed by atoms with E-state index >= 15 is 0 Å². The Morgan fingerprint density at radius 1 is 1.38 bits per heavy atom. The maximum atomic E-state index is 10.9. The maximum Gasteiger partial charge on any atom is 0.305 e. The molecule has 1 aromatic carbocycles. The lowest BCUT2D eigenvalue weighted by atomic mass is 9.99. The van der Waals surface area contributed by atoms with Crippen LogP contribution in [0.3, 0.4) is 0 Å². The number of hydrogen-bond donors (Lipinski definition) is 2. The summed E-state index contributed by atoms with van der Waals surface area (Å²) in [5.74, 6) is -1.02. The van der Waals surface area contributed by atoms with Crippen LogP contribution in [0.15, 0.2) is 18.2 Å². The van der Waals surface area contributed by atoms with Gasteiger partial charge in [0.05, 0.1) is 11.3 Å². The van der Waals surface area contributed by atoms with E-state index in [0.717, 1.165) is 31.6 Å². The molecule has 0 spiro atoms. The predicted molar refractivity (Wildman–Crippen MR) is 78.3 cm³/mol. The second kappa shape index (κ2) is 6.53. The highest BCUT2D eigenvalue weighted by atomic mass is 16.6. The third-order valence-corrected chi connectivity index (χ3v) is 3.71. The molecule has 1 saturated heterocycles. The number of benzene rings is 1. The molecule has 1 aliphatic heterocycles. The molecular weight excluding hydrogens is 274 g/mol. The smallest absolute Gasteiger partial charge is 0.305 e. The van der Waals surface area contributed by atoms with E-state index in [1.807, 2.05) is 0 Å². The molecule has 1 fully saturated rings. The van der Waals surface area contributed by atoms with Crippen LogP contribution in [-0.2, 0) is 4.79 Å². The first kappa shape index (κ1) is 15.2. The average molecular weight is 293 g/mol. The van der Waals surface area contributed by atoms with Gasteiger partial charge in [-0.15, -0.1) is 0 Å². The van der Waals surface area contributed by atoms with Crippen LogP contribution >= 0.6 is 0 Å². The van der Waals surface area contributed by atoms with Crippen LogP contribution < -0.4 is 10.6 Å². The summed E-state index contributed by atoms with van der Waals surface area (Å²) in [6.07, 6.45) is 3.04. The molecule has 1 atom stereocenters. The number of nitro groups is 1. The minimum absolute atomic E-state index is 0.0633. The first-order valence-corrected chi connectivity index (χ1v) is 6.99. The number of carbonyl (C=O) groups is 1. The van der Waals surface area contributed by atoms with Gasteiger partial charge in [0.1, 0.15) is 0 Å². The molecule has 1 aromatic rings. The SMILES string of the molecule is NC(CC(=O)O)c1cc([N+](=O)[O-])ccc1N1CCCCC1. The summed E-state index contributed by atoms with van der Waals surface area (Å²) in [7, 11) is 0. The number of nitrogens with zero attached hydrogens (tertiary/aromatic N) is 2. The van der Waals surface area contributed by atoms with Crippen molar-refractivity contribution in [1.29, 1.82) is 0 Å². The molecule has 0 saturated carbocycles. The minimum atomic E-state index is -1.02. The normalized spacial score (nSPS) is 16.5. The third-order valence-electron chi connectivity index (χ3n) is 3.71. The fraction of sp³-hybridized carbons (Fsp3) is 0.500. The number of nitro benzene ring substituents is 1. The van der Waals surface area contributed by atoms with Crippen LogP contribution in [-0.4, -0.2) is 29.1 Å². The van der Waals surface area contributed by atoms with Crippen molar-refractivity contribution in [2.75, 3.05) is 18.0 Å². The molecule has 0 amide bonds. The lowest BCUT2D eigenvalue weighted by molar-refractivity contribution is -0.384. The first-order valence-electron chi connectivity index (χ1n) is 6.99. The van der Waals surface area contributed by atoms with Crippen LogP contribution in [0.5, 0.6) is 0 Å². The van der Waals surface area contributed by atoms with E-state index in [9.17, 15) is 14.9 Å². The van der Waals surface area contributed by atoms with Gasteiger partial charge in [0.2, 0.25) is 0 Å². The first-order chi connectivity index (χ1) is 9.99. The zero-order chi connectivity index (χ0) is 15.4. The molecule has 7 heteroatoms. The molecule has 21 heavy (non-hydrogen) atoms. The van der Waals surface area contributed by atoms with E-state index in [1.165, 1.54) is 18.6 Å². The van der Waals surface area contributed by atoms with Crippen molar-refractivity contribution in [3.63, 3.8) is 0 Å². The van der Waals surface area contributed by atoms with Crippen molar-refractivity contribution >= 4 is 17.3 Å². The second-order valence-electron chi connectivity index (χ2n) is 5.25. The van der Waals surface area contributed by atoms with Crippen LogP contribution in [0.1, 0.15) is 37.3 Å². The third kappa shape index (κ3) is 3.69. The Morgan fingerprint density at radius 3 is 2.62 bits per heavy atom. The molecular formula is C14H19N3O4. The van der Waals surface area contributed by atoms with Gasteiger partial charge in [-0.1, -0.05) is 0 Å². The van der Waals surface area contributed by atoms with Gasteiger partial charge in [-0.25, -0.2) is 0 Å². The van der Waals surface area contributed by atoms with Gasteiger partial charge in [0.15, 0.2) is 0 Å². The maximum absolute atomic E-state index is 10.9. The molecule has 3 N–H and O–H groups in total. The molecule has 0 radical (unpaired) electrons. The number of piperidine rings is 1. The summed E-state index contributed by atoms with van der Waals surface area (Å²) in [5, 5.41) is 19.8. The van der Waals surface area contributed by atoms with Gasteiger partial charge >= 0.3 is 5.97 Å². The highest BCUT2D eigenvalue weighted by Crippen LogP contribution is 2.32. The molecule has 1 unspecified atom stereocenters. The van der Waals surface area contributed by atoms with Gasteiger partial charge in [-0.05, 0) is 30.9 Å². The predicted octanol–water partition coefficient (Wildman–Crippen LogP) is 2.06. The number of carboxylic acids is 1. The zero-order valence-electron chi connectivity index (χ0n) is 11.7. The summed E-state index contributed by atoms with van der Waals surface area (Å²) >= 11 is 0. The Hall–Kier alpha value is -2.15. The number of non-ortho nitro benzene ring substituents is 1. The molecule has 0 bridgehead atoms.